The zero-order valence-corrected chi connectivity index (χ0v) is 11.6. The molecule has 2 fully saturated rings. The molecule has 1 aromatic rings. The number of nitrogens with one attached hydrogen (secondary N) is 1. The average molecular weight is 244 g/mol. The molecule has 0 amide bonds. The highest BCUT2D eigenvalue weighted by Crippen LogP contribution is 2.40. The van der Waals surface area contributed by atoms with Crippen molar-refractivity contribution < 1.29 is 0 Å². The Hall–Kier alpha value is -1.02. The molecular weight excluding hydrogens is 220 g/mol. The van der Waals surface area contributed by atoms with Gasteiger partial charge in [-0.2, -0.15) is 0 Å². The van der Waals surface area contributed by atoms with E-state index in [1.165, 1.54) is 49.0 Å². The topological polar surface area (TPSA) is 15.3 Å². The first kappa shape index (κ1) is 12.0. The normalized spacial score (nSPS) is 22.7. The van der Waals surface area contributed by atoms with Gasteiger partial charge in [0.15, 0.2) is 0 Å². The van der Waals surface area contributed by atoms with E-state index in [0.717, 1.165) is 13.1 Å². The Labute approximate surface area is 110 Å². The Morgan fingerprint density at radius 3 is 2.72 bits per heavy atom. The second-order valence-corrected chi connectivity index (χ2v) is 5.98. The number of anilines is 1. The summed E-state index contributed by atoms with van der Waals surface area (Å²) in [6, 6.07) is 6.75. The van der Waals surface area contributed by atoms with E-state index in [-0.39, 0.29) is 0 Å². The van der Waals surface area contributed by atoms with E-state index in [1.807, 2.05) is 0 Å². The molecule has 2 nitrogen and oxygen atoms in total. The molecule has 0 radical (unpaired) electrons. The van der Waals surface area contributed by atoms with Crippen molar-refractivity contribution in [3.63, 3.8) is 0 Å². The van der Waals surface area contributed by atoms with E-state index in [4.69, 9.17) is 0 Å². The van der Waals surface area contributed by atoms with E-state index in [1.54, 1.807) is 0 Å². The molecule has 18 heavy (non-hydrogen) atoms. The van der Waals surface area contributed by atoms with Gasteiger partial charge in [0.1, 0.15) is 0 Å². The molecule has 1 saturated carbocycles. The summed E-state index contributed by atoms with van der Waals surface area (Å²) in [5.41, 5.74) is 4.75. The van der Waals surface area contributed by atoms with Gasteiger partial charge in [-0.05, 0) is 43.9 Å². The van der Waals surface area contributed by atoms with Crippen molar-refractivity contribution in [2.24, 2.45) is 0 Å². The molecule has 1 aliphatic carbocycles. The number of hydrogen-bond donors (Lipinski definition) is 1. The number of benzene rings is 1. The van der Waals surface area contributed by atoms with Gasteiger partial charge in [-0.25, -0.2) is 0 Å². The second kappa shape index (κ2) is 4.58. The van der Waals surface area contributed by atoms with Gasteiger partial charge in [0.25, 0.3) is 0 Å². The van der Waals surface area contributed by atoms with Crippen LogP contribution in [0.3, 0.4) is 0 Å². The number of nitrogens with zero attached hydrogens (tertiary/aromatic N) is 1. The Morgan fingerprint density at radius 2 is 1.94 bits per heavy atom. The maximum absolute atomic E-state index is 3.61. The molecule has 98 valence electrons. The fourth-order valence-corrected chi connectivity index (χ4v) is 3.73. The number of aryl methyl sites for hydroxylation is 1. The van der Waals surface area contributed by atoms with Crippen LogP contribution in [-0.4, -0.2) is 25.2 Å². The van der Waals surface area contributed by atoms with Crippen molar-refractivity contribution in [2.75, 3.05) is 24.5 Å². The lowest BCUT2D eigenvalue weighted by molar-refractivity contribution is 0.332. The predicted molar refractivity (Wildman–Crippen MR) is 77.3 cm³/mol. The maximum Gasteiger partial charge on any atom is 0.0527 e. The van der Waals surface area contributed by atoms with Crippen LogP contribution >= 0.6 is 0 Å². The standard InChI is InChI=1S/C16H24N2/c1-13-6-5-7-15(14(13)2)18-11-10-17-12-16(18)8-3-4-9-16/h5-7,17H,3-4,8-12H2,1-2H3. The fraction of sp³-hybridized carbons (Fsp3) is 0.625. The molecule has 2 aliphatic rings. The maximum atomic E-state index is 3.61. The minimum Gasteiger partial charge on any atom is -0.363 e. The third kappa shape index (κ3) is 1.83. The van der Waals surface area contributed by atoms with Gasteiger partial charge < -0.3 is 10.2 Å². The lowest BCUT2D eigenvalue weighted by Crippen LogP contribution is -2.60. The van der Waals surface area contributed by atoms with E-state index in [2.05, 4.69) is 42.3 Å². The highest BCUT2D eigenvalue weighted by atomic mass is 15.3. The molecular formula is C16H24N2. The van der Waals surface area contributed by atoms with Gasteiger partial charge in [0.2, 0.25) is 0 Å². The van der Waals surface area contributed by atoms with E-state index < -0.39 is 0 Å². The minimum absolute atomic E-state index is 0.400. The van der Waals surface area contributed by atoms with Crippen LogP contribution < -0.4 is 10.2 Å². The first-order chi connectivity index (χ1) is 8.73. The lowest BCUT2D eigenvalue weighted by Gasteiger charge is -2.47. The summed E-state index contributed by atoms with van der Waals surface area (Å²) in [5, 5.41) is 3.61. The van der Waals surface area contributed by atoms with Crippen LogP contribution in [0.5, 0.6) is 0 Å². The monoisotopic (exact) mass is 244 g/mol. The molecule has 2 heteroatoms. The summed E-state index contributed by atoms with van der Waals surface area (Å²) >= 11 is 0. The van der Waals surface area contributed by atoms with Crippen LogP contribution in [0.25, 0.3) is 0 Å². The van der Waals surface area contributed by atoms with Gasteiger partial charge in [-0.1, -0.05) is 25.0 Å². The quantitative estimate of drug-likeness (QED) is 0.817. The van der Waals surface area contributed by atoms with Crippen LogP contribution in [-0.2, 0) is 0 Å². The first-order valence-corrected chi connectivity index (χ1v) is 7.28. The molecule has 3 rings (SSSR count). The highest BCUT2D eigenvalue weighted by molar-refractivity contribution is 5.58. The molecule has 0 atom stereocenters. The molecule has 1 saturated heterocycles. The van der Waals surface area contributed by atoms with Gasteiger partial charge in [0.05, 0.1) is 5.54 Å². The van der Waals surface area contributed by atoms with Crippen LogP contribution in [0, 0.1) is 13.8 Å². The van der Waals surface area contributed by atoms with Crippen molar-refractivity contribution in [1.82, 2.24) is 5.32 Å². The third-order valence-electron chi connectivity index (χ3n) is 4.94. The lowest BCUT2D eigenvalue weighted by atomic mass is 9.91. The van der Waals surface area contributed by atoms with Gasteiger partial charge >= 0.3 is 0 Å². The number of rotatable bonds is 1. The van der Waals surface area contributed by atoms with Crippen LogP contribution in [0.2, 0.25) is 0 Å². The summed E-state index contributed by atoms with van der Waals surface area (Å²) in [6.07, 6.45) is 5.49. The van der Waals surface area contributed by atoms with Crippen LogP contribution in [0.4, 0.5) is 5.69 Å². The van der Waals surface area contributed by atoms with Gasteiger partial charge in [0, 0.05) is 25.3 Å². The molecule has 0 unspecified atom stereocenters. The SMILES string of the molecule is Cc1cccc(N2CCNCC23CCCC3)c1C. The van der Waals surface area contributed by atoms with E-state index in [9.17, 15) is 0 Å². The summed E-state index contributed by atoms with van der Waals surface area (Å²) < 4.78 is 0. The van der Waals surface area contributed by atoms with Crippen molar-refractivity contribution in [1.29, 1.82) is 0 Å². The van der Waals surface area contributed by atoms with Crippen LogP contribution in [0.1, 0.15) is 36.8 Å². The molecule has 1 N–H and O–H groups in total. The summed E-state index contributed by atoms with van der Waals surface area (Å²) in [6.45, 7) is 7.94. The Balaban J connectivity index is 2.00. The Bertz CT molecular complexity index is 433. The second-order valence-electron chi connectivity index (χ2n) is 5.98. The number of piperazine rings is 1. The summed E-state index contributed by atoms with van der Waals surface area (Å²) in [4.78, 5) is 2.71. The van der Waals surface area contributed by atoms with Crippen molar-refractivity contribution >= 4 is 5.69 Å². The number of hydrogen-bond acceptors (Lipinski definition) is 2. The largest absolute Gasteiger partial charge is 0.363 e. The molecule has 1 aromatic carbocycles. The Kier molecular flexibility index (Phi) is 3.06. The van der Waals surface area contributed by atoms with E-state index in [0.29, 0.717) is 5.54 Å². The smallest absolute Gasteiger partial charge is 0.0527 e. The predicted octanol–water partition coefficient (Wildman–Crippen LogP) is 3.03. The van der Waals surface area contributed by atoms with Crippen LogP contribution in [0.15, 0.2) is 18.2 Å². The first-order valence-electron chi connectivity index (χ1n) is 7.28. The zero-order valence-electron chi connectivity index (χ0n) is 11.6. The van der Waals surface area contributed by atoms with Crippen molar-refractivity contribution in [3.8, 4) is 0 Å². The minimum atomic E-state index is 0.400. The zero-order chi connectivity index (χ0) is 12.6. The molecule has 1 heterocycles. The van der Waals surface area contributed by atoms with Gasteiger partial charge in [-0.3, -0.25) is 0 Å². The Morgan fingerprint density at radius 1 is 1.17 bits per heavy atom. The average Bonchev–Trinajstić information content (AvgIpc) is 2.83. The molecule has 1 aliphatic heterocycles. The molecule has 0 bridgehead atoms. The van der Waals surface area contributed by atoms with Crippen molar-refractivity contribution in [3.05, 3.63) is 29.3 Å². The summed E-state index contributed by atoms with van der Waals surface area (Å²) in [5.74, 6) is 0. The molecule has 1 spiro atoms. The van der Waals surface area contributed by atoms with E-state index >= 15 is 0 Å². The van der Waals surface area contributed by atoms with Gasteiger partial charge in [-0.15, -0.1) is 0 Å². The van der Waals surface area contributed by atoms with Crippen molar-refractivity contribution in [2.45, 2.75) is 45.1 Å². The molecule has 0 aromatic heterocycles. The summed E-state index contributed by atoms with van der Waals surface area (Å²) in [7, 11) is 0. The fourth-order valence-electron chi connectivity index (χ4n) is 3.73. The third-order valence-corrected chi connectivity index (χ3v) is 4.94. The highest BCUT2D eigenvalue weighted by Gasteiger charge is 2.41.